The number of para-hydroxylation sites is 1. The maximum Gasteiger partial charge on any atom is 0.204 e. The van der Waals surface area contributed by atoms with Gasteiger partial charge in [-0.05, 0) is 18.6 Å². The largest absolute Gasteiger partial charge is 0.496 e. The molecule has 5 nitrogen and oxygen atoms in total. The van der Waals surface area contributed by atoms with Gasteiger partial charge in [-0.2, -0.15) is 0 Å². The Morgan fingerprint density at radius 1 is 1.17 bits per heavy atom. The molecule has 1 atom stereocenters. The van der Waals surface area contributed by atoms with E-state index in [-0.39, 0.29) is 11.5 Å². The minimum Gasteiger partial charge on any atom is -0.496 e. The molecule has 0 saturated heterocycles. The zero-order valence-electron chi connectivity index (χ0n) is 13.8. The maximum atomic E-state index is 13.1. The van der Waals surface area contributed by atoms with Gasteiger partial charge in [0.15, 0.2) is 11.3 Å². The van der Waals surface area contributed by atoms with E-state index in [0.29, 0.717) is 33.4 Å². The van der Waals surface area contributed by atoms with E-state index < -0.39 is 0 Å². The predicted octanol–water partition coefficient (Wildman–Crippen LogP) is 3.68. The monoisotopic (exact) mass is 326 g/mol. The van der Waals surface area contributed by atoms with Crippen molar-refractivity contribution in [2.45, 2.75) is 25.9 Å². The molecule has 124 valence electrons. The Labute approximate surface area is 138 Å². The van der Waals surface area contributed by atoms with Gasteiger partial charge in [-0.15, -0.1) is 0 Å². The van der Waals surface area contributed by atoms with Crippen LogP contribution >= 0.6 is 0 Å². The first kappa shape index (κ1) is 14.9. The molecule has 0 aliphatic carbocycles. The first-order valence-electron chi connectivity index (χ1n) is 7.98. The van der Waals surface area contributed by atoms with E-state index in [9.17, 15) is 4.79 Å². The van der Waals surface area contributed by atoms with E-state index in [1.807, 2.05) is 0 Å². The molecule has 5 heteroatoms. The van der Waals surface area contributed by atoms with Gasteiger partial charge < -0.3 is 18.6 Å². The molecule has 1 aliphatic rings. The molecule has 0 N–H and O–H groups in total. The van der Waals surface area contributed by atoms with Gasteiger partial charge >= 0.3 is 0 Å². The summed E-state index contributed by atoms with van der Waals surface area (Å²) in [6.45, 7) is 2.07. The first-order chi connectivity index (χ1) is 11.7. The first-order valence-corrected chi connectivity index (χ1v) is 7.98. The second-order valence-electron chi connectivity index (χ2n) is 5.88. The van der Waals surface area contributed by atoms with E-state index in [4.69, 9.17) is 18.6 Å². The van der Waals surface area contributed by atoms with Crippen LogP contribution in [0.25, 0.3) is 21.9 Å². The van der Waals surface area contributed by atoms with Gasteiger partial charge in [-0.3, -0.25) is 4.79 Å². The Kier molecular flexibility index (Phi) is 3.37. The second-order valence-corrected chi connectivity index (χ2v) is 5.88. The number of ether oxygens (including phenoxy) is 3. The lowest BCUT2D eigenvalue weighted by molar-refractivity contribution is 0.227. The molecule has 2 aromatic carbocycles. The summed E-state index contributed by atoms with van der Waals surface area (Å²) in [5.41, 5.74) is 1.78. The third-order valence-electron chi connectivity index (χ3n) is 4.58. The maximum absolute atomic E-state index is 13.1. The zero-order chi connectivity index (χ0) is 16.8. The fourth-order valence-corrected chi connectivity index (χ4v) is 3.31. The molecule has 1 unspecified atom stereocenters. The summed E-state index contributed by atoms with van der Waals surface area (Å²) < 4.78 is 22.9. The average molecular weight is 326 g/mol. The molecule has 2 heterocycles. The molecule has 0 spiro atoms. The van der Waals surface area contributed by atoms with Crippen molar-refractivity contribution in [1.29, 1.82) is 0 Å². The van der Waals surface area contributed by atoms with Crippen molar-refractivity contribution in [1.82, 2.24) is 0 Å². The molecule has 1 aliphatic heterocycles. The lowest BCUT2D eigenvalue weighted by Crippen LogP contribution is -2.10. The van der Waals surface area contributed by atoms with Crippen molar-refractivity contribution >= 4 is 21.9 Å². The van der Waals surface area contributed by atoms with Crippen molar-refractivity contribution in [2.24, 2.45) is 0 Å². The molecule has 4 rings (SSSR count). The van der Waals surface area contributed by atoms with Crippen LogP contribution in [0.2, 0.25) is 0 Å². The van der Waals surface area contributed by atoms with E-state index >= 15 is 0 Å². The SMILES string of the molecule is CCC1Cc2c(cc(OC)c3c(=O)c4cccc(OC)c4oc23)O1. The van der Waals surface area contributed by atoms with Gasteiger partial charge in [0.05, 0.1) is 19.6 Å². The Balaban J connectivity index is 2.16. The van der Waals surface area contributed by atoms with Gasteiger partial charge in [0, 0.05) is 18.1 Å². The highest BCUT2D eigenvalue weighted by molar-refractivity contribution is 5.97. The molecular formula is C19H18O5. The van der Waals surface area contributed by atoms with Gasteiger partial charge in [-0.25, -0.2) is 0 Å². The summed E-state index contributed by atoms with van der Waals surface area (Å²) in [7, 11) is 3.10. The zero-order valence-corrected chi connectivity index (χ0v) is 13.8. The summed E-state index contributed by atoms with van der Waals surface area (Å²) >= 11 is 0. The molecule has 0 fully saturated rings. The molecule has 0 amide bonds. The quantitative estimate of drug-likeness (QED) is 0.687. The molecule has 0 saturated carbocycles. The third kappa shape index (κ3) is 1.97. The summed E-state index contributed by atoms with van der Waals surface area (Å²) in [5.74, 6) is 1.73. The number of fused-ring (bicyclic) bond motifs is 4. The summed E-state index contributed by atoms with van der Waals surface area (Å²) in [6.07, 6.45) is 1.70. The van der Waals surface area contributed by atoms with Gasteiger partial charge in [-0.1, -0.05) is 13.0 Å². The number of methoxy groups -OCH3 is 2. The van der Waals surface area contributed by atoms with Crippen molar-refractivity contribution < 1.29 is 18.6 Å². The fraction of sp³-hybridized carbons (Fsp3) is 0.316. The number of rotatable bonds is 3. The van der Waals surface area contributed by atoms with Crippen LogP contribution in [0.1, 0.15) is 18.9 Å². The fourth-order valence-electron chi connectivity index (χ4n) is 3.31. The minimum atomic E-state index is -0.121. The van der Waals surface area contributed by atoms with Crippen LogP contribution in [0.15, 0.2) is 33.5 Å². The standard InChI is InChI=1S/C19H18O5/c1-4-10-8-12-14(23-10)9-15(22-3)16-17(20)11-6-5-7-13(21-2)18(11)24-19(12)16/h5-7,9-10H,4,8H2,1-3H3. The van der Waals surface area contributed by atoms with E-state index in [2.05, 4.69) is 6.92 Å². The normalized spacial score (nSPS) is 16.2. The van der Waals surface area contributed by atoms with Crippen molar-refractivity contribution in [2.75, 3.05) is 14.2 Å². The van der Waals surface area contributed by atoms with Crippen molar-refractivity contribution in [3.63, 3.8) is 0 Å². The van der Waals surface area contributed by atoms with Gasteiger partial charge in [0.25, 0.3) is 0 Å². The van der Waals surface area contributed by atoms with E-state index in [1.54, 1.807) is 38.5 Å². The predicted molar refractivity (Wildman–Crippen MR) is 91.5 cm³/mol. The van der Waals surface area contributed by atoms with Crippen LogP contribution in [-0.2, 0) is 6.42 Å². The number of benzene rings is 2. The van der Waals surface area contributed by atoms with E-state index in [1.165, 1.54) is 0 Å². The number of hydrogen-bond acceptors (Lipinski definition) is 5. The number of hydrogen-bond donors (Lipinski definition) is 0. The van der Waals surface area contributed by atoms with Crippen molar-refractivity contribution in [3.05, 3.63) is 40.1 Å². The highest BCUT2D eigenvalue weighted by atomic mass is 16.5. The summed E-state index contributed by atoms with van der Waals surface area (Å²) in [6, 6.07) is 7.08. The van der Waals surface area contributed by atoms with Gasteiger partial charge in [0.2, 0.25) is 5.43 Å². The molecule has 24 heavy (non-hydrogen) atoms. The molecule has 0 bridgehead atoms. The average Bonchev–Trinajstić information content (AvgIpc) is 3.04. The smallest absolute Gasteiger partial charge is 0.204 e. The van der Waals surface area contributed by atoms with Crippen LogP contribution in [0.3, 0.4) is 0 Å². The van der Waals surface area contributed by atoms with Crippen LogP contribution in [-0.4, -0.2) is 20.3 Å². The van der Waals surface area contributed by atoms with Gasteiger partial charge in [0.1, 0.15) is 28.6 Å². The Bertz CT molecular complexity index is 1000. The second kappa shape index (κ2) is 5.44. The van der Waals surface area contributed by atoms with Crippen molar-refractivity contribution in [3.8, 4) is 17.2 Å². The lowest BCUT2D eigenvalue weighted by atomic mass is 10.0. The molecule has 1 aromatic heterocycles. The molecular weight excluding hydrogens is 308 g/mol. The summed E-state index contributed by atoms with van der Waals surface area (Å²) in [4.78, 5) is 13.1. The van der Waals surface area contributed by atoms with Crippen LogP contribution in [0.5, 0.6) is 17.2 Å². The lowest BCUT2D eigenvalue weighted by Gasteiger charge is -2.11. The minimum absolute atomic E-state index is 0.0916. The Hall–Kier alpha value is -2.69. The van der Waals surface area contributed by atoms with Crippen LogP contribution in [0, 0.1) is 0 Å². The third-order valence-corrected chi connectivity index (χ3v) is 4.58. The molecule has 0 radical (unpaired) electrons. The highest BCUT2D eigenvalue weighted by Crippen LogP contribution is 2.41. The Morgan fingerprint density at radius 2 is 1.96 bits per heavy atom. The van der Waals surface area contributed by atoms with E-state index in [0.717, 1.165) is 24.2 Å². The van der Waals surface area contributed by atoms with Crippen LogP contribution < -0.4 is 19.6 Å². The summed E-state index contributed by atoms with van der Waals surface area (Å²) in [5, 5.41) is 0.934. The van der Waals surface area contributed by atoms with Crippen LogP contribution in [0.4, 0.5) is 0 Å². The topological polar surface area (TPSA) is 57.9 Å². The molecule has 3 aromatic rings. The Morgan fingerprint density at radius 3 is 2.67 bits per heavy atom. The highest BCUT2D eigenvalue weighted by Gasteiger charge is 2.29.